The number of carbonyl (C=O) groups excluding carboxylic acids is 1. The van der Waals surface area contributed by atoms with Crippen LogP contribution in [0.25, 0.3) is 11.0 Å². The van der Waals surface area contributed by atoms with Gasteiger partial charge in [-0.2, -0.15) is 0 Å². The number of hydrogen-bond donors (Lipinski definition) is 0. The Hall–Kier alpha value is -1.97. The Balaban J connectivity index is 2.46. The third-order valence-electron chi connectivity index (χ3n) is 3.19. The number of fused-ring (bicyclic) bond motifs is 1. The number of rotatable bonds is 5. The van der Waals surface area contributed by atoms with E-state index in [9.17, 15) is 4.79 Å². The lowest BCUT2D eigenvalue weighted by atomic mass is 10.1. The van der Waals surface area contributed by atoms with Gasteiger partial charge in [0.05, 0.1) is 17.8 Å². The summed E-state index contributed by atoms with van der Waals surface area (Å²) < 4.78 is 11.2. The summed E-state index contributed by atoms with van der Waals surface area (Å²) in [5.41, 5.74) is 1.28. The van der Waals surface area contributed by atoms with Gasteiger partial charge in [-0.05, 0) is 45.9 Å². The van der Waals surface area contributed by atoms with Gasteiger partial charge in [0.2, 0.25) is 0 Å². The van der Waals surface area contributed by atoms with Gasteiger partial charge in [-0.3, -0.25) is 4.79 Å². The minimum atomic E-state index is 0.00176. The molecule has 108 valence electrons. The predicted molar refractivity (Wildman–Crippen MR) is 79.2 cm³/mol. The summed E-state index contributed by atoms with van der Waals surface area (Å²) in [6, 6.07) is 5.44. The van der Waals surface area contributed by atoms with Gasteiger partial charge in [-0.25, -0.2) is 0 Å². The van der Waals surface area contributed by atoms with E-state index in [1.165, 1.54) is 0 Å². The number of benzene rings is 1. The van der Waals surface area contributed by atoms with Gasteiger partial charge in [0.1, 0.15) is 11.3 Å². The molecular formula is C16H21NO3. The van der Waals surface area contributed by atoms with Gasteiger partial charge in [-0.1, -0.05) is 0 Å². The predicted octanol–water partition coefficient (Wildman–Crippen LogP) is 3.70. The smallest absolute Gasteiger partial charge is 0.254 e. The number of ether oxygens (including phenoxy) is 1. The Morgan fingerprint density at radius 1 is 1.30 bits per heavy atom. The Kier molecular flexibility index (Phi) is 4.32. The van der Waals surface area contributed by atoms with Crippen molar-refractivity contribution in [3.8, 4) is 5.75 Å². The van der Waals surface area contributed by atoms with Crippen molar-refractivity contribution in [3.63, 3.8) is 0 Å². The van der Waals surface area contributed by atoms with Crippen molar-refractivity contribution < 1.29 is 13.9 Å². The largest absolute Gasteiger partial charge is 0.490 e. The van der Waals surface area contributed by atoms with Crippen molar-refractivity contribution in [3.05, 3.63) is 30.0 Å². The average molecular weight is 275 g/mol. The Labute approximate surface area is 119 Å². The number of furan rings is 1. The van der Waals surface area contributed by atoms with E-state index >= 15 is 0 Å². The average Bonchev–Trinajstić information content (AvgIpc) is 2.87. The molecule has 20 heavy (non-hydrogen) atoms. The molecule has 0 saturated heterocycles. The lowest BCUT2D eigenvalue weighted by molar-refractivity contribution is 0.0772. The first-order valence-electron chi connectivity index (χ1n) is 7.04. The molecule has 0 radical (unpaired) electrons. The summed E-state index contributed by atoms with van der Waals surface area (Å²) in [7, 11) is 0. The first-order chi connectivity index (χ1) is 9.56. The lowest BCUT2D eigenvalue weighted by Crippen LogP contribution is -2.30. The fraction of sp³-hybridized carbons (Fsp3) is 0.438. The number of amides is 1. The molecule has 0 saturated carbocycles. The first-order valence-corrected chi connectivity index (χ1v) is 7.04. The lowest BCUT2D eigenvalue weighted by Gasteiger charge is -2.19. The quantitative estimate of drug-likeness (QED) is 0.835. The zero-order valence-electron chi connectivity index (χ0n) is 12.5. The van der Waals surface area contributed by atoms with E-state index in [1.807, 2.05) is 33.8 Å². The second kappa shape index (κ2) is 5.99. The summed E-state index contributed by atoms with van der Waals surface area (Å²) >= 11 is 0. The highest BCUT2D eigenvalue weighted by molar-refractivity contribution is 5.99. The van der Waals surface area contributed by atoms with E-state index in [0.717, 1.165) is 5.39 Å². The zero-order valence-corrected chi connectivity index (χ0v) is 12.5. The van der Waals surface area contributed by atoms with Gasteiger partial charge in [0, 0.05) is 18.7 Å². The van der Waals surface area contributed by atoms with E-state index < -0.39 is 0 Å². The molecule has 0 spiro atoms. The third-order valence-corrected chi connectivity index (χ3v) is 3.19. The third kappa shape index (κ3) is 2.79. The highest BCUT2D eigenvalue weighted by Crippen LogP contribution is 2.30. The molecule has 4 nitrogen and oxygen atoms in total. The van der Waals surface area contributed by atoms with Gasteiger partial charge in [0.15, 0.2) is 0 Å². The maximum absolute atomic E-state index is 12.4. The highest BCUT2D eigenvalue weighted by Gasteiger charge is 2.17. The van der Waals surface area contributed by atoms with Crippen LogP contribution in [0.15, 0.2) is 28.9 Å². The van der Waals surface area contributed by atoms with Gasteiger partial charge < -0.3 is 14.1 Å². The molecular weight excluding hydrogens is 254 g/mol. The standard InChI is InChI=1S/C16H21NO3/c1-5-17(6-2)16(18)12-9-14-13(7-8-19-14)15(10-12)20-11(3)4/h7-11H,5-6H2,1-4H3. The fourth-order valence-electron chi connectivity index (χ4n) is 2.21. The highest BCUT2D eigenvalue weighted by atomic mass is 16.5. The number of carbonyl (C=O) groups is 1. The first kappa shape index (κ1) is 14.4. The molecule has 1 aromatic heterocycles. The molecule has 0 aliphatic rings. The second-order valence-electron chi connectivity index (χ2n) is 4.95. The van der Waals surface area contributed by atoms with E-state index in [2.05, 4.69) is 0 Å². The van der Waals surface area contributed by atoms with Gasteiger partial charge in [-0.15, -0.1) is 0 Å². The van der Waals surface area contributed by atoms with Crippen molar-refractivity contribution in [2.75, 3.05) is 13.1 Å². The second-order valence-corrected chi connectivity index (χ2v) is 4.95. The number of nitrogens with zero attached hydrogens (tertiary/aromatic N) is 1. The fourth-order valence-corrected chi connectivity index (χ4v) is 2.21. The Morgan fingerprint density at radius 2 is 2.00 bits per heavy atom. The van der Waals surface area contributed by atoms with Crippen LogP contribution in [0.4, 0.5) is 0 Å². The van der Waals surface area contributed by atoms with Crippen LogP contribution in [0, 0.1) is 0 Å². The molecule has 2 rings (SSSR count). The molecule has 1 amide bonds. The van der Waals surface area contributed by atoms with E-state index in [0.29, 0.717) is 30.0 Å². The van der Waals surface area contributed by atoms with Crippen molar-refractivity contribution >= 4 is 16.9 Å². The van der Waals surface area contributed by atoms with Crippen LogP contribution in [0.1, 0.15) is 38.1 Å². The van der Waals surface area contributed by atoms with Crippen LogP contribution in [0.5, 0.6) is 5.75 Å². The van der Waals surface area contributed by atoms with Crippen molar-refractivity contribution in [2.24, 2.45) is 0 Å². The zero-order chi connectivity index (χ0) is 14.7. The van der Waals surface area contributed by atoms with Crippen LogP contribution in [0.2, 0.25) is 0 Å². The Morgan fingerprint density at radius 3 is 2.60 bits per heavy atom. The summed E-state index contributed by atoms with van der Waals surface area (Å²) in [6.45, 7) is 9.24. The topological polar surface area (TPSA) is 42.7 Å². The Bertz CT molecular complexity index is 597. The maximum Gasteiger partial charge on any atom is 0.254 e. The molecule has 4 heteroatoms. The minimum Gasteiger partial charge on any atom is -0.490 e. The van der Waals surface area contributed by atoms with Crippen molar-refractivity contribution in [1.82, 2.24) is 4.90 Å². The maximum atomic E-state index is 12.4. The summed E-state index contributed by atoms with van der Waals surface area (Å²) in [4.78, 5) is 14.2. The molecule has 0 unspecified atom stereocenters. The van der Waals surface area contributed by atoms with Crippen LogP contribution in [-0.4, -0.2) is 30.0 Å². The summed E-state index contributed by atoms with van der Waals surface area (Å²) in [5, 5.41) is 0.898. The van der Waals surface area contributed by atoms with E-state index in [1.54, 1.807) is 23.3 Å². The van der Waals surface area contributed by atoms with Crippen molar-refractivity contribution in [1.29, 1.82) is 0 Å². The summed E-state index contributed by atoms with van der Waals surface area (Å²) in [5.74, 6) is 0.698. The van der Waals surface area contributed by atoms with E-state index in [4.69, 9.17) is 9.15 Å². The van der Waals surface area contributed by atoms with Crippen LogP contribution >= 0.6 is 0 Å². The monoisotopic (exact) mass is 275 g/mol. The molecule has 0 aliphatic carbocycles. The van der Waals surface area contributed by atoms with Crippen LogP contribution < -0.4 is 4.74 Å². The minimum absolute atomic E-state index is 0.00176. The normalized spacial score (nSPS) is 11.1. The molecule has 0 aliphatic heterocycles. The van der Waals surface area contributed by atoms with E-state index in [-0.39, 0.29) is 12.0 Å². The molecule has 0 bridgehead atoms. The molecule has 0 atom stereocenters. The number of hydrogen-bond acceptors (Lipinski definition) is 3. The molecule has 1 heterocycles. The molecule has 2 aromatic rings. The van der Waals surface area contributed by atoms with Crippen molar-refractivity contribution in [2.45, 2.75) is 33.8 Å². The SMILES string of the molecule is CCN(CC)C(=O)c1cc(OC(C)C)c2ccoc2c1. The molecule has 0 fully saturated rings. The van der Waals surface area contributed by atoms with Gasteiger partial charge in [0.25, 0.3) is 5.91 Å². The summed E-state index contributed by atoms with van der Waals surface area (Å²) in [6.07, 6.45) is 1.66. The van der Waals surface area contributed by atoms with Gasteiger partial charge >= 0.3 is 0 Å². The molecule has 0 N–H and O–H groups in total. The molecule has 1 aromatic carbocycles. The van der Waals surface area contributed by atoms with Crippen LogP contribution in [0.3, 0.4) is 0 Å². The van der Waals surface area contributed by atoms with Crippen LogP contribution in [-0.2, 0) is 0 Å².